The van der Waals surface area contributed by atoms with Crippen molar-refractivity contribution in [3.05, 3.63) is 51.7 Å². The van der Waals surface area contributed by atoms with Gasteiger partial charge in [-0.1, -0.05) is 12.1 Å². The van der Waals surface area contributed by atoms with E-state index >= 15 is 0 Å². The van der Waals surface area contributed by atoms with Crippen molar-refractivity contribution in [1.29, 1.82) is 0 Å². The third-order valence-electron chi connectivity index (χ3n) is 4.06. The first-order valence-corrected chi connectivity index (χ1v) is 10.3. The number of carbonyl (C=O) groups excluding carboxylic acids is 1. The monoisotopic (exact) mass is 402 g/mol. The summed E-state index contributed by atoms with van der Waals surface area (Å²) < 4.78 is 5.13. The minimum Gasteiger partial charge on any atom is -0.497 e. The molecule has 1 unspecified atom stereocenters. The average molecular weight is 403 g/mol. The molecule has 0 aliphatic rings. The molecule has 2 rings (SSSR count). The number of hydrogen-bond donors (Lipinski definition) is 3. The van der Waals surface area contributed by atoms with Crippen LogP contribution in [-0.2, 0) is 17.8 Å². The molecule has 0 saturated heterocycles. The highest BCUT2D eigenvalue weighted by Gasteiger charge is 2.09. The summed E-state index contributed by atoms with van der Waals surface area (Å²) in [5, 5.41) is 9.45. The maximum atomic E-state index is 12.1. The Morgan fingerprint density at radius 2 is 1.93 bits per heavy atom. The summed E-state index contributed by atoms with van der Waals surface area (Å²) in [6, 6.07) is 12.1. The van der Waals surface area contributed by atoms with Crippen LogP contribution in [0.3, 0.4) is 0 Å². The molecule has 1 amide bonds. The molecular formula is C21H30N4O2S. The molecule has 6 nitrogen and oxygen atoms in total. The second kappa shape index (κ2) is 11.3. The molecule has 1 heterocycles. The van der Waals surface area contributed by atoms with E-state index in [1.807, 2.05) is 42.5 Å². The smallest absolute Gasteiger partial charge is 0.242 e. The van der Waals surface area contributed by atoms with Crippen molar-refractivity contribution in [2.75, 3.05) is 20.2 Å². The largest absolute Gasteiger partial charge is 0.497 e. The van der Waals surface area contributed by atoms with Crippen LogP contribution in [0.2, 0.25) is 0 Å². The normalized spacial score (nSPS) is 12.4. The van der Waals surface area contributed by atoms with E-state index in [1.165, 1.54) is 9.75 Å². The number of thiophene rings is 1. The number of nitrogens with one attached hydrogen (secondary N) is 3. The fourth-order valence-corrected chi connectivity index (χ4v) is 3.67. The van der Waals surface area contributed by atoms with Crippen LogP contribution >= 0.6 is 11.3 Å². The molecular weight excluding hydrogens is 372 g/mol. The van der Waals surface area contributed by atoms with Crippen molar-refractivity contribution in [3.63, 3.8) is 0 Å². The van der Waals surface area contributed by atoms with E-state index in [0.717, 1.165) is 24.3 Å². The van der Waals surface area contributed by atoms with Gasteiger partial charge in [0.05, 0.1) is 7.11 Å². The van der Waals surface area contributed by atoms with Gasteiger partial charge in [0.15, 0.2) is 5.96 Å². The van der Waals surface area contributed by atoms with Crippen LogP contribution in [0.5, 0.6) is 5.75 Å². The van der Waals surface area contributed by atoms with Gasteiger partial charge in [-0.2, -0.15) is 0 Å². The van der Waals surface area contributed by atoms with Crippen molar-refractivity contribution < 1.29 is 9.53 Å². The van der Waals surface area contributed by atoms with Crippen LogP contribution in [0.25, 0.3) is 0 Å². The summed E-state index contributed by atoms with van der Waals surface area (Å²) in [6.45, 7) is 7.53. The maximum absolute atomic E-state index is 12.1. The molecule has 0 fully saturated rings. The highest BCUT2D eigenvalue weighted by molar-refractivity contribution is 7.11. The molecule has 152 valence electrons. The lowest BCUT2D eigenvalue weighted by atomic mass is 10.2. The summed E-state index contributed by atoms with van der Waals surface area (Å²) in [6.07, 6.45) is 0.923. The number of aliphatic imine (C=N–C) groups is 1. The number of benzene rings is 1. The van der Waals surface area contributed by atoms with Gasteiger partial charge in [-0.3, -0.25) is 4.79 Å². The topological polar surface area (TPSA) is 74.8 Å². The molecule has 3 N–H and O–H groups in total. The molecule has 28 heavy (non-hydrogen) atoms. The number of methoxy groups -OCH3 is 1. The number of ether oxygens (including phenoxy) is 1. The van der Waals surface area contributed by atoms with E-state index in [9.17, 15) is 4.79 Å². The highest BCUT2D eigenvalue weighted by Crippen LogP contribution is 2.16. The zero-order chi connectivity index (χ0) is 20.4. The Kier molecular flexibility index (Phi) is 8.81. The number of hydrogen-bond acceptors (Lipinski definition) is 4. The van der Waals surface area contributed by atoms with Crippen LogP contribution < -0.4 is 20.7 Å². The van der Waals surface area contributed by atoms with Gasteiger partial charge >= 0.3 is 0 Å². The van der Waals surface area contributed by atoms with Crippen LogP contribution in [0.4, 0.5) is 0 Å². The molecule has 2 aromatic rings. The predicted octanol–water partition coefficient (Wildman–Crippen LogP) is 2.87. The van der Waals surface area contributed by atoms with Gasteiger partial charge in [0.25, 0.3) is 0 Å². The Balaban J connectivity index is 1.81. The van der Waals surface area contributed by atoms with E-state index in [-0.39, 0.29) is 18.5 Å². The molecule has 0 spiro atoms. The SMILES string of the molecule is CCNC(=NCC(=O)NCc1ccc(OC)cc1)NC(C)Cc1ccc(C)s1. The second-order valence-corrected chi connectivity index (χ2v) is 7.95. The van der Waals surface area contributed by atoms with E-state index in [1.54, 1.807) is 7.11 Å². The van der Waals surface area contributed by atoms with Gasteiger partial charge in [-0.15, -0.1) is 11.3 Å². The third-order valence-corrected chi connectivity index (χ3v) is 5.08. The number of nitrogens with zero attached hydrogens (tertiary/aromatic N) is 1. The number of guanidine groups is 1. The van der Waals surface area contributed by atoms with Crippen molar-refractivity contribution in [3.8, 4) is 5.75 Å². The van der Waals surface area contributed by atoms with Crippen molar-refractivity contribution in [1.82, 2.24) is 16.0 Å². The summed E-state index contributed by atoms with van der Waals surface area (Å²) in [5.74, 6) is 1.34. The second-order valence-electron chi connectivity index (χ2n) is 6.58. The van der Waals surface area contributed by atoms with E-state index < -0.39 is 0 Å². The molecule has 1 aromatic heterocycles. The zero-order valence-corrected chi connectivity index (χ0v) is 17.9. The van der Waals surface area contributed by atoms with E-state index in [2.05, 4.69) is 46.9 Å². The Bertz CT molecular complexity index is 771. The first kappa shape index (κ1) is 21.8. The molecule has 0 radical (unpaired) electrons. The van der Waals surface area contributed by atoms with E-state index in [4.69, 9.17) is 4.74 Å². The Labute approximate surface area is 171 Å². The van der Waals surface area contributed by atoms with Crippen molar-refractivity contribution in [2.24, 2.45) is 4.99 Å². The Morgan fingerprint density at radius 3 is 2.54 bits per heavy atom. The molecule has 0 saturated carbocycles. The van der Waals surface area contributed by atoms with Crippen LogP contribution in [0.15, 0.2) is 41.4 Å². The van der Waals surface area contributed by atoms with Gasteiger partial charge in [0.2, 0.25) is 5.91 Å². The fourth-order valence-electron chi connectivity index (χ4n) is 2.65. The average Bonchev–Trinajstić information content (AvgIpc) is 3.09. The zero-order valence-electron chi connectivity index (χ0n) is 17.0. The predicted molar refractivity (Wildman–Crippen MR) is 116 cm³/mol. The number of amides is 1. The van der Waals surface area contributed by atoms with Crippen molar-refractivity contribution in [2.45, 2.75) is 39.8 Å². The number of rotatable bonds is 9. The summed E-state index contributed by atoms with van der Waals surface area (Å²) >= 11 is 1.81. The summed E-state index contributed by atoms with van der Waals surface area (Å²) in [7, 11) is 1.63. The third kappa shape index (κ3) is 7.60. The summed E-state index contributed by atoms with van der Waals surface area (Å²) in [5.41, 5.74) is 1.02. The van der Waals surface area contributed by atoms with E-state index in [0.29, 0.717) is 12.5 Å². The minimum atomic E-state index is -0.116. The molecule has 0 aliphatic carbocycles. The fraction of sp³-hybridized carbons (Fsp3) is 0.429. The number of carbonyl (C=O) groups is 1. The van der Waals surface area contributed by atoms with Crippen molar-refractivity contribution >= 4 is 23.2 Å². The van der Waals surface area contributed by atoms with Crippen LogP contribution in [-0.4, -0.2) is 38.1 Å². The molecule has 0 aliphatic heterocycles. The first-order valence-electron chi connectivity index (χ1n) is 9.50. The molecule has 1 aromatic carbocycles. The van der Waals surface area contributed by atoms with Gasteiger partial charge in [-0.25, -0.2) is 4.99 Å². The lowest BCUT2D eigenvalue weighted by Gasteiger charge is -2.17. The summed E-state index contributed by atoms with van der Waals surface area (Å²) in [4.78, 5) is 19.2. The van der Waals surface area contributed by atoms with Gasteiger partial charge in [-0.05, 0) is 50.6 Å². The lowest BCUT2D eigenvalue weighted by Crippen LogP contribution is -2.43. The molecule has 7 heteroatoms. The standard InChI is InChI=1S/C21H30N4O2S/c1-5-22-21(25-15(2)12-19-11-6-16(3)28-19)24-14-20(26)23-13-17-7-9-18(27-4)10-8-17/h6-11,15H,5,12-14H2,1-4H3,(H,23,26)(H2,22,24,25). The molecule has 0 bridgehead atoms. The van der Waals surface area contributed by atoms with Gasteiger partial charge < -0.3 is 20.7 Å². The quantitative estimate of drug-likeness (QED) is 0.445. The first-order chi connectivity index (χ1) is 13.5. The van der Waals surface area contributed by atoms with Gasteiger partial charge in [0, 0.05) is 35.3 Å². The number of aryl methyl sites for hydroxylation is 1. The highest BCUT2D eigenvalue weighted by atomic mass is 32.1. The minimum absolute atomic E-state index is 0.0797. The van der Waals surface area contributed by atoms with Crippen LogP contribution in [0, 0.1) is 6.92 Å². The molecule has 1 atom stereocenters. The Hall–Kier alpha value is -2.54. The van der Waals surface area contributed by atoms with Crippen LogP contribution in [0.1, 0.15) is 29.2 Å². The lowest BCUT2D eigenvalue weighted by molar-refractivity contribution is -0.119. The maximum Gasteiger partial charge on any atom is 0.242 e. The Morgan fingerprint density at radius 1 is 1.18 bits per heavy atom. The van der Waals surface area contributed by atoms with Gasteiger partial charge in [0.1, 0.15) is 12.3 Å².